The molecule has 0 aromatic heterocycles. The molecule has 74 valence electrons. The van der Waals surface area contributed by atoms with Gasteiger partial charge in [0.2, 0.25) is 5.91 Å². The number of carboxylic acids is 1. The summed E-state index contributed by atoms with van der Waals surface area (Å²) in [5.41, 5.74) is 0. The predicted molar refractivity (Wildman–Crippen MR) is 42.5 cm³/mol. The lowest BCUT2D eigenvalue weighted by molar-refractivity contribution is -0.304. The first-order valence-electron chi connectivity index (χ1n) is 3.98. The SMILES string of the molecule is CC(=O)NCCCC(=O)CC(=O)[O-]. The third-order valence-corrected chi connectivity index (χ3v) is 1.35. The molecular formula is C8H12NO4-. The summed E-state index contributed by atoms with van der Waals surface area (Å²) in [6, 6.07) is 0. The van der Waals surface area contributed by atoms with Crippen molar-refractivity contribution < 1.29 is 19.5 Å². The summed E-state index contributed by atoms with van der Waals surface area (Å²) in [5.74, 6) is -1.89. The van der Waals surface area contributed by atoms with Crippen molar-refractivity contribution in [1.82, 2.24) is 5.32 Å². The van der Waals surface area contributed by atoms with E-state index in [0.29, 0.717) is 13.0 Å². The number of ketones is 1. The van der Waals surface area contributed by atoms with Crippen LogP contribution in [0.25, 0.3) is 0 Å². The zero-order valence-corrected chi connectivity index (χ0v) is 7.46. The van der Waals surface area contributed by atoms with E-state index >= 15 is 0 Å². The Hall–Kier alpha value is -1.39. The van der Waals surface area contributed by atoms with Gasteiger partial charge in [-0.15, -0.1) is 0 Å². The lowest BCUT2D eigenvalue weighted by Gasteiger charge is -2.02. The topological polar surface area (TPSA) is 86.3 Å². The lowest BCUT2D eigenvalue weighted by Crippen LogP contribution is -2.26. The second-order valence-electron chi connectivity index (χ2n) is 2.67. The summed E-state index contributed by atoms with van der Waals surface area (Å²) < 4.78 is 0. The molecule has 0 spiro atoms. The minimum atomic E-state index is -1.36. The summed E-state index contributed by atoms with van der Waals surface area (Å²) in [4.78, 5) is 31.1. The third kappa shape index (κ3) is 8.52. The van der Waals surface area contributed by atoms with Gasteiger partial charge in [-0.25, -0.2) is 0 Å². The van der Waals surface area contributed by atoms with E-state index in [9.17, 15) is 19.5 Å². The summed E-state index contributed by atoms with van der Waals surface area (Å²) in [5, 5.41) is 12.4. The van der Waals surface area contributed by atoms with Crippen LogP contribution >= 0.6 is 0 Å². The van der Waals surface area contributed by atoms with Crippen LogP contribution in [-0.4, -0.2) is 24.2 Å². The highest BCUT2D eigenvalue weighted by molar-refractivity contribution is 5.93. The number of hydrogen-bond donors (Lipinski definition) is 1. The summed E-state index contributed by atoms with van der Waals surface area (Å²) in [6.45, 7) is 1.77. The fourth-order valence-corrected chi connectivity index (χ4v) is 0.799. The molecule has 0 bridgehead atoms. The molecule has 0 aromatic carbocycles. The molecule has 0 radical (unpaired) electrons. The van der Waals surface area contributed by atoms with Gasteiger partial charge < -0.3 is 15.2 Å². The van der Waals surface area contributed by atoms with Gasteiger partial charge in [-0.05, 0) is 6.42 Å². The maximum Gasteiger partial charge on any atom is 0.216 e. The highest BCUT2D eigenvalue weighted by Crippen LogP contribution is 1.93. The Morgan fingerprint density at radius 2 is 1.92 bits per heavy atom. The molecule has 0 aliphatic rings. The molecule has 0 aliphatic carbocycles. The Bertz CT molecular complexity index is 212. The number of Topliss-reactive ketones (excluding diaryl/α,β-unsaturated/α-hetero) is 1. The molecule has 0 aliphatic heterocycles. The van der Waals surface area contributed by atoms with Crippen LogP contribution in [0.3, 0.4) is 0 Å². The molecule has 0 saturated carbocycles. The Morgan fingerprint density at radius 1 is 1.31 bits per heavy atom. The van der Waals surface area contributed by atoms with Gasteiger partial charge in [0.1, 0.15) is 5.78 Å². The number of aliphatic carboxylic acids is 1. The van der Waals surface area contributed by atoms with Crippen molar-refractivity contribution in [3.8, 4) is 0 Å². The number of rotatable bonds is 6. The second kappa shape index (κ2) is 6.16. The third-order valence-electron chi connectivity index (χ3n) is 1.35. The van der Waals surface area contributed by atoms with E-state index in [-0.39, 0.29) is 18.1 Å². The quantitative estimate of drug-likeness (QED) is 0.409. The van der Waals surface area contributed by atoms with Gasteiger partial charge in [0, 0.05) is 32.3 Å². The van der Waals surface area contributed by atoms with Crippen LogP contribution < -0.4 is 10.4 Å². The minimum Gasteiger partial charge on any atom is -0.550 e. The molecular weight excluding hydrogens is 174 g/mol. The number of carbonyl (C=O) groups is 3. The van der Waals surface area contributed by atoms with E-state index in [1.54, 1.807) is 0 Å². The highest BCUT2D eigenvalue weighted by Gasteiger charge is 2.01. The van der Waals surface area contributed by atoms with Crippen molar-refractivity contribution >= 4 is 17.7 Å². The Kier molecular flexibility index (Phi) is 5.50. The largest absolute Gasteiger partial charge is 0.550 e. The van der Waals surface area contributed by atoms with Gasteiger partial charge >= 0.3 is 0 Å². The molecule has 1 amide bonds. The van der Waals surface area contributed by atoms with Gasteiger partial charge in [0.15, 0.2) is 0 Å². The van der Waals surface area contributed by atoms with Crippen LogP contribution in [0.1, 0.15) is 26.2 Å². The summed E-state index contributed by atoms with van der Waals surface area (Å²) >= 11 is 0. The second-order valence-corrected chi connectivity index (χ2v) is 2.67. The molecule has 0 aromatic rings. The maximum absolute atomic E-state index is 10.8. The number of amides is 1. The fourth-order valence-electron chi connectivity index (χ4n) is 0.799. The van der Waals surface area contributed by atoms with E-state index < -0.39 is 12.4 Å². The first-order valence-corrected chi connectivity index (χ1v) is 3.98. The molecule has 5 heteroatoms. The number of carboxylic acid groups (broad SMARTS) is 1. The first kappa shape index (κ1) is 11.6. The molecule has 1 N–H and O–H groups in total. The van der Waals surface area contributed by atoms with Crippen molar-refractivity contribution in [1.29, 1.82) is 0 Å². The molecule has 0 rings (SSSR count). The van der Waals surface area contributed by atoms with Crippen LogP contribution in [0.4, 0.5) is 0 Å². The lowest BCUT2D eigenvalue weighted by atomic mass is 10.2. The Morgan fingerprint density at radius 3 is 2.38 bits per heavy atom. The van der Waals surface area contributed by atoms with E-state index in [0.717, 1.165) is 0 Å². The van der Waals surface area contributed by atoms with Crippen LogP contribution in [0.2, 0.25) is 0 Å². The highest BCUT2D eigenvalue weighted by atomic mass is 16.4. The average Bonchev–Trinajstić information content (AvgIpc) is 1.96. The monoisotopic (exact) mass is 186 g/mol. The van der Waals surface area contributed by atoms with Crippen molar-refractivity contribution in [3.05, 3.63) is 0 Å². The van der Waals surface area contributed by atoms with Gasteiger partial charge in [-0.3, -0.25) is 9.59 Å². The van der Waals surface area contributed by atoms with Crippen molar-refractivity contribution in [2.75, 3.05) is 6.54 Å². The normalized spacial score (nSPS) is 9.31. The predicted octanol–water partition coefficient (Wildman–Crippen LogP) is -1.39. The molecule has 0 atom stereocenters. The summed E-state index contributed by atoms with van der Waals surface area (Å²) in [7, 11) is 0. The number of nitrogens with one attached hydrogen (secondary N) is 1. The van der Waals surface area contributed by atoms with E-state index in [1.165, 1.54) is 6.92 Å². The molecule has 0 fully saturated rings. The molecule has 0 unspecified atom stereocenters. The van der Waals surface area contributed by atoms with E-state index in [1.807, 2.05) is 0 Å². The summed E-state index contributed by atoms with van der Waals surface area (Å²) in [6.07, 6.45) is 0.0834. The minimum absolute atomic E-state index is 0.160. The zero-order valence-electron chi connectivity index (χ0n) is 7.46. The van der Waals surface area contributed by atoms with Crippen molar-refractivity contribution in [2.45, 2.75) is 26.2 Å². The average molecular weight is 186 g/mol. The maximum atomic E-state index is 10.8. The van der Waals surface area contributed by atoms with Gasteiger partial charge in [0.25, 0.3) is 0 Å². The standard InChI is InChI=1S/C8H13NO4/c1-6(10)9-4-2-3-7(11)5-8(12)13/h2-5H2,1H3,(H,9,10)(H,12,13)/p-1. The van der Waals surface area contributed by atoms with Gasteiger partial charge in [-0.1, -0.05) is 0 Å². The smallest absolute Gasteiger partial charge is 0.216 e. The van der Waals surface area contributed by atoms with Crippen LogP contribution in [0, 0.1) is 0 Å². The molecule has 13 heavy (non-hydrogen) atoms. The Labute approximate surface area is 76.1 Å². The zero-order chi connectivity index (χ0) is 10.3. The van der Waals surface area contributed by atoms with Gasteiger partial charge in [-0.2, -0.15) is 0 Å². The first-order chi connectivity index (χ1) is 6.02. The molecule has 0 saturated heterocycles. The van der Waals surface area contributed by atoms with Crippen molar-refractivity contribution in [3.63, 3.8) is 0 Å². The fraction of sp³-hybridized carbons (Fsp3) is 0.625. The van der Waals surface area contributed by atoms with E-state index in [4.69, 9.17) is 0 Å². The molecule has 0 heterocycles. The van der Waals surface area contributed by atoms with E-state index in [2.05, 4.69) is 5.32 Å². The van der Waals surface area contributed by atoms with Crippen LogP contribution in [0.5, 0.6) is 0 Å². The number of carbonyl (C=O) groups excluding carboxylic acids is 3. The van der Waals surface area contributed by atoms with Crippen LogP contribution in [0.15, 0.2) is 0 Å². The number of hydrogen-bond acceptors (Lipinski definition) is 4. The molecule has 5 nitrogen and oxygen atoms in total. The Balaban J connectivity index is 3.37. The van der Waals surface area contributed by atoms with Crippen molar-refractivity contribution in [2.24, 2.45) is 0 Å². The van der Waals surface area contributed by atoms with Crippen LogP contribution in [-0.2, 0) is 14.4 Å². The van der Waals surface area contributed by atoms with Gasteiger partial charge in [0.05, 0.1) is 0 Å².